The molecule has 0 saturated heterocycles. The SMILES string of the molecule is COc1cc(N)ccc1Oc1ccnc(C)c1. The highest BCUT2D eigenvalue weighted by molar-refractivity contribution is 5.53. The zero-order valence-corrected chi connectivity index (χ0v) is 9.81. The Morgan fingerprint density at radius 3 is 2.65 bits per heavy atom. The van der Waals surface area contributed by atoms with Crippen molar-refractivity contribution in [2.75, 3.05) is 12.8 Å². The van der Waals surface area contributed by atoms with Gasteiger partial charge in [-0.1, -0.05) is 0 Å². The lowest BCUT2D eigenvalue weighted by molar-refractivity contribution is 0.379. The van der Waals surface area contributed by atoms with Crippen molar-refractivity contribution in [3.05, 3.63) is 42.2 Å². The fourth-order valence-electron chi connectivity index (χ4n) is 1.48. The molecule has 2 rings (SSSR count). The molecule has 1 heterocycles. The van der Waals surface area contributed by atoms with Crippen LogP contribution >= 0.6 is 0 Å². The molecule has 1 aromatic carbocycles. The number of hydrogen-bond donors (Lipinski definition) is 1. The van der Waals surface area contributed by atoms with Gasteiger partial charge in [0.25, 0.3) is 0 Å². The van der Waals surface area contributed by atoms with Crippen LogP contribution in [0.3, 0.4) is 0 Å². The molecular formula is C13H14N2O2. The van der Waals surface area contributed by atoms with E-state index in [9.17, 15) is 0 Å². The van der Waals surface area contributed by atoms with Crippen molar-refractivity contribution in [1.29, 1.82) is 0 Å². The van der Waals surface area contributed by atoms with Gasteiger partial charge in [-0.25, -0.2) is 0 Å². The predicted octanol–water partition coefficient (Wildman–Crippen LogP) is 2.77. The molecule has 0 aliphatic carbocycles. The van der Waals surface area contributed by atoms with Gasteiger partial charge >= 0.3 is 0 Å². The van der Waals surface area contributed by atoms with Gasteiger partial charge in [0.1, 0.15) is 5.75 Å². The van der Waals surface area contributed by atoms with Gasteiger partial charge < -0.3 is 15.2 Å². The number of ether oxygens (including phenoxy) is 2. The fourth-order valence-corrected chi connectivity index (χ4v) is 1.48. The van der Waals surface area contributed by atoms with E-state index in [2.05, 4.69) is 4.98 Å². The number of benzene rings is 1. The van der Waals surface area contributed by atoms with Crippen molar-refractivity contribution < 1.29 is 9.47 Å². The molecule has 0 radical (unpaired) electrons. The number of rotatable bonds is 3. The first-order chi connectivity index (χ1) is 8.19. The lowest BCUT2D eigenvalue weighted by Gasteiger charge is -2.10. The Balaban J connectivity index is 2.29. The maximum atomic E-state index is 5.72. The topological polar surface area (TPSA) is 57.4 Å². The van der Waals surface area contributed by atoms with Gasteiger partial charge in [-0.3, -0.25) is 4.98 Å². The van der Waals surface area contributed by atoms with Crippen LogP contribution in [-0.2, 0) is 0 Å². The number of nitrogens with zero attached hydrogens (tertiary/aromatic N) is 1. The lowest BCUT2D eigenvalue weighted by atomic mass is 10.3. The van der Waals surface area contributed by atoms with E-state index in [1.54, 1.807) is 37.6 Å². The first-order valence-corrected chi connectivity index (χ1v) is 5.23. The molecule has 4 nitrogen and oxygen atoms in total. The maximum absolute atomic E-state index is 5.72. The van der Waals surface area contributed by atoms with Gasteiger partial charge in [0.05, 0.1) is 7.11 Å². The van der Waals surface area contributed by atoms with Crippen molar-refractivity contribution in [3.8, 4) is 17.2 Å². The van der Waals surface area contributed by atoms with Crippen LogP contribution in [0.4, 0.5) is 5.69 Å². The maximum Gasteiger partial charge on any atom is 0.169 e. The molecule has 0 saturated carbocycles. The van der Waals surface area contributed by atoms with Gasteiger partial charge in [0.2, 0.25) is 0 Å². The lowest BCUT2D eigenvalue weighted by Crippen LogP contribution is -1.93. The second-order valence-corrected chi connectivity index (χ2v) is 3.65. The summed E-state index contributed by atoms with van der Waals surface area (Å²) in [5.74, 6) is 1.97. The van der Waals surface area contributed by atoms with Crippen molar-refractivity contribution in [3.63, 3.8) is 0 Å². The van der Waals surface area contributed by atoms with Crippen LogP contribution in [0.5, 0.6) is 17.2 Å². The van der Waals surface area contributed by atoms with Gasteiger partial charge in [0, 0.05) is 29.7 Å². The highest BCUT2D eigenvalue weighted by Crippen LogP contribution is 2.32. The Hall–Kier alpha value is -2.23. The van der Waals surface area contributed by atoms with Crippen LogP contribution in [0.1, 0.15) is 5.69 Å². The van der Waals surface area contributed by atoms with E-state index in [-0.39, 0.29) is 0 Å². The molecule has 0 spiro atoms. The number of methoxy groups -OCH3 is 1. The minimum absolute atomic E-state index is 0.611. The largest absolute Gasteiger partial charge is 0.493 e. The number of aromatic nitrogens is 1. The van der Waals surface area contributed by atoms with Gasteiger partial charge in [-0.05, 0) is 25.1 Å². The average Bonchev–Trinajstić information content (AvgIpc) is 2.31. The zero-order chi connectivity index (χ0) is 12.3. The molecule has 2 aromatic rings. The number of anilines is 1. The summed E-state index contributed by atoms with van der Waals surface area (Å²) in [4.78, 5) is 4.11. The first-order valence-electron chi connectivity index (χ1n) is 5.23. The van der Waals surface area contributed by atoms with Crippen LogP contribution < -0.4 is 15.2 Å². The Morgan fingerprint density at radius 2 is 1.94 bits per heavy atom. The molecular weight excluding hydrogens is 216 g/mol. The zero-order valence-electron chi connectivity index (χ0n) is 9.81. The third-order valence-corrected chi connectivity index (χ3v) is 2.28. The number of pyridine rings is 1. The minimum atomic E-state index is 0.611. The molecule has 0 aliphatic heterocycles. The normalized spacial score (nSPS) is 10.0. The summed E-state index contributed by atoms with van der Waals surface area (Å²) >= 11 is 0. The first kappa shape index (κ1) is 11.3. The van der Waals surface area contributed by atoms with E-state index in [1.807, 2.05) is 13.0 Å². The van der Waals surface area contributed by atoms with Crippen LogP contribution in [0.15, 0.2) is 36.5 Å². The standard InChI is InChI=1S/C13H14N2O2/c1-9-7-11(5-6-15-9)17-12-4-3-10(14)8-13(12)16-2/h3-8H,14H2,1-2H3. The van der Waals surface area contributed by atoms with E-state index in [1.165, 1.54) is 0 Å². The summed E-state index contributed by atoms with van der Waals surface area (Å²) in [6.45, 7) is 1.91. The summed E-state index contributed by atoms with van der Waals surface area (Å²) in [6.07, 6.45) is 1.70. The smallest absolute Gasteiger partial charge is 0.169 e. The summed E-state index contributed by atoms with van der Waals surface area (Å²) in [6, 6.07) is 8.93. The summed E-state index contributed by atoms with van der Waals surface area (Å²) in [5.41, 5.74) is 7.21. The Morgan fingerprint density at radius 1 is 1.12 bits per heavy atom. The second kappa shape index (κ2) is 4.74. The second-order valence-electron chi connectivity index (χ2n) is 3.65. The van der Waals surface area contributed by atoms with Crippen LogP contribution in [-0.4, -0.2) is 12.1 Å². The van der Waals surface area contributed by atoms with Crippen molar-refractivity contribution in [1.82, 2.24) is 4.98 Å². The number of hydrogen-bond acceptors (Lipinski definition) is 4. The fraction of sp³-hybridized carbons (Fsp3) is 0.154. The monoisotopic (exact) mass is 230 g/mol. The molecule has 1 aromatic heterocycles. The quantitative estimate of drug-likeness (QED) is 0.824. The number of nitrogen functional groups attached to an aromatic ring is 1. The Labute approximate surface area is 100 Å². The molecule has 88 valence electrons. The summed E-state index contributed by atoms with van der Waals surface area (Å²) in [7, 11) is 1.58. The van der Waals surface area contributed by atoms with Crippen molar-refractivity contribution in [2.24, 2.45) is 0 Å². The third-order valence-electron chi connectivity index (χ3n) is 2.28. The molecule has 0 fully saturated rings. The number of nitrogens with two attached hydrogens (primary N) is 1. The van der Waals surface area contributed by atoms with Crippen molar-refractivity contribution in [2.45, 2.75) is 6.92 Å². The molecule has 2 N–H and O–H groups in total. The molecule has 0 bridgehead atoms. The molecule has 0 atom stereocenters. The molecule has 0 amide bonds. The average molecular weight is 230 g/mol. The molecule has 0 unspecified atom stereocenters. The third kappa shape index (κ3) is 2.66. The van der Waals surface area contributed by atoms with Crippen LogP contribution in [0.2, 0.25) is 0 Å². The van der Waals surface area contributed by atoms with Gasteiger partial charge in [0.15, 0.2) is 11.5 Å². The van der Waals surface area contributed by atoms with E-state index in [4.69, 9.17) is 15.2 Å². The summed E-state index contributed by atoms with van der Waals surface area (Å²) < 4.78 is 10.9. The predicted molar refractivity (Wildman–Crippen MR) is 66.5 cm³/mol. The van der Waals surface area contributed by atoms with Crippen LogP contribution in [0.25, 0.3) is 0 Å². The molecule has 17 heavy (non-hydrogen) atoms. The highest BCUT2D eigenvalue weighted by Gasteiger charge is 2.06. The number of aryl methyl sites for hydroxylation is 1. The van der Waals surface area contributed by atoms with E-state index in [0.717, 1.165) is 11.4 Å². The Kier molecular flexibility index (Phi) is 3.14. The van der Waals surface area contributed by atoms with E-state index in [0.29, 0.717) is 17.2 Å². The molecule has 4 heteroatoms. The van der Waals surface area contributed by atoms with Gasteiger partial charge in [-0.15, -0.1) is 0 Å². The van der Waals surface area contributed by atoms with Crippen molar-refractivity contribution >= 4 is 5.69 Å². The van der Waals surface area contributed by atoms with E-state index < -0.39 is 0 Å². The van der Waals surface area contributed by atoms with Crippen LogP contribution in [0, 0.1) is 6.92 Å². The minimum Gasteiger partial charge on any atom is -0.493 e. The van der Waals surface area contributed by atoms with E-state index >= 15 is 0 Å². The summed E-state index contributed by atoms with van der Waals surface area (Å²) in [5, 5.41) is 0. The molecule has 0 aliphatic rings. The Bertz CT molecular complexity index is 527. The highest BCUT2D eigenvalue weighted by atomic mass is 16.5. The van der Waals surface area contributed by atoms with Gasteiger partial charge in [-0.2, -0.15) is 0 Å².